The van der Waals surface area contributed by atoms with E-state index < -0.39 is 0 Å². The van der Waals surface area contributed by atoms with E-state index in [2.05, 4.69) is 19.1 Å². The summed E-state index contributed by atoms with van der Waals surface area (Å²) in [6.45, 7) is 2.70. The first-order valence-corrected chi connectivity index (χ1v) is 11.5. The summed E-state index contributed by atoms with van der Waals surface area (Å²) in [5.41, 5.74) is 0. The van der Waals surface area contributed by atoms with Crippen molar-refractivity contribution in [2.45, 2.75) is 103 Å². The molecule has 0 aliphatic heterocycles. The van der Waals surface area contributed by atoms with Crippen LogP contribution in [0.5, 0.6) is 0 Å². The average Bonchev–Trinajstić information content (AvgIpc) is 3.17. The van der Waals surface area contributed by atoms with Crippen molar-refractivity contribution in [3.63, 3.8) is 0 Å². The van der Waals surface area contributed by atoms with Crippen LogP contribution in [-0.2, 0) is 16.1 Å². The van der Waals surface area contributed by atoms with Gasteiger partial charge in [-0.05, 0) is 43.6 Å². The fraction of sp³-hybridized carbons (Fsp3) is 0.696. The molecular formula is C23H38O2S. The molecule has 1 heterocycles. The van der Waals surface area contributed by atoms with Crippen LogP contribution < -0.4 is 0 Å². The molecule has 0 unspecified atom stereocenters. The van der Waals surface area contributed by atoms with Gasteiger partial charge in [-0.2, -0.15) is 0 Å². The first-order chi connectivity index (χ1) is 12.8. The molecule has 0 aromatic carbocycles. The predicted octanol–water partition coefficient (Wildman–Crippen LogP) is 7.83. The van der Waals surface area contributed by atoms with Crippen LogP contribution in [0, 0.1) is 0 Å². The molecule has 0 amide bonds. The quantitative estimate of drug-likeness (QED) is 0.157. The van der Waals surface area contributed by atoms with Gasteiger partial charge in [-0.3, -0.25) is 4.79 Å². The zero-order chi connectivity index (χ0) is 18.7. The number of hydrogen-bond acceptors (Lipinski definition) is 3. The Bertz CT molecular complexity index is 451. The molecule has 148 valence electrons. The first-order valence-electron chi connectivity index (χ1n) is 10.7. The Balaban J connectivity index is 1.78. The molecule has 2 nitrogen and oxygen atoms in total. The van der Waals surface area contributed by atoms with E-state index in [1.54, 1.807) is 11.3 Å². The monoisotopic (exact) mass is 378 g/mol. The number of unbranched alkanes of at least 4 members (excludes halogenated alkanes) is 11. The second-order valence-corrected chi connectivity index (χ2v) is 8.11. The highest BCUT2D eigenvalue weighted by atomic mass is 32.1. The van der Waals surface area contributed by atoms with Crippen molar-refractivity contribution in [2.75, 3.05) is 0 Å². The second kappa shape index (κ2) is 17.3. The Hall–Kier alpha value is -1.09. The number of hydrogen-bond donors (Lipinski definition) is 0. The zero-order valence-corrected chi connectivity index (χ0v) is 17.5. The molecule has 1 aromatic heterocycles. The van der Waals surface area contributed by atoms with Crippen LogP contribution in [0.1, 0.15) is 102 Å². The van der Waals surface area contributed by atoms with E-state index in [1.165, 1.54) is 70.6 Å². The Labute approximate surface area is 165 Å². The molecule has 0 saturated heterocycles. The second-order valence-electron chi connectivity index (χ2n) is 7.07. The van der Waals surface area contributed by atoms with Crippen LogP contribution in [0.4, 0.5) is 0 Å². The first kappa shape index (κ1) is 23.0. The SMILES string of the molecule is CCCCCCCC/C=C\CCCCCCCC(=O)OCc1cccs1. The number of carbonyl (C=O) groups is 1. The van der Waals surface area contributed by atoms with E-state index in [0.717, 1.165) is 17.7 Å². The lowest BCUT2D eigenvalue weighted by Gasteiger charge is -2.03. The van der Waals surface area contributed by atoms with Gasteiger partial charge in [-0.15, -0.1) is 11.3 Å². The fourth-order valence-corrected chi connectivity index (χ4v) is 3.57. The highest BCUT2D eigenvalue weighted by Crippen LogP contribution is 2.12. The predicted molar refractivity (Wildman–Crippen MR) is 114 cm³/mol. The number of carbonyl (C=O) groups excluding carboxylic acids is 1. The summed E-state index contributed by atoms with van der Waals surface area (Å²) in [6, 6.07) is 3.98. The van der Waals surface area contributed by atoms with Crippen molar-refractivity contribution in [2.24, 2.45) is 0 Å². The number of ether oxygens (including phenoxy) is 1. The van der Waals surface area contributed by atoms with Crippen molar-refractivity contribution in [1.82, 2.24) is 0 Å². The maximum atomic E-state index is 11.6. The standard InChI is InChI=1S/C23H38O2S/c1-2-3-4-5-6-7-8-9-10-11-12-13-14-15-16-19-23(24)25-21-22-18-17-20-26-22/h9-10,17-18,20H,2-8,11-16,19,21H2,1H3/b10-9-. The summed E-state index contributed by atoms with van der Waals surface area (Å²) in [7, 11) is 0. The van der Waals surface area contributed by atoms with Gasteiger partial charge >= 0.3 is 5.97 Å². The van der Waals surface area contributed by atoms with E-state index in [1.807, 2.05) is 17.5 Å². The van der Waals surface area contributed by atoms with Gasteiger partial charge in [0.15, 0.2) is 0 Å². The van der Waals surface area contributed by atoms with Gasteiger partial charge in [0.1, 0.15) is 6.61 Å². The average molecular weight is 379 g/mol. The van der Waals surface area contributed by atoms with Crippen LogP contribution in [0.15, 0.2) is 29.7 Å². The number of rotatable bonds is 17. The maximum absolute atomic E-state index is 11.6. The Morgan fingerprint density at radius 1 is 0.923 bits per heavy atom. The van der Waals surface area contributed by atoms with Gasteiger partial charge in [0.05, 0.1) is 0 Å². The minimum atomic E-state index is -0.0592. The van der Waals surface area contributed by atoms with Crippen LogP contribution in [0.2, 0.25) is 0 Å². The summed E-state index contributed by atoms with van der Waals surface area (Å²) >= 11 is 1.63. The molecule has 0 spiro atoms. The van der Waals surface area contributed by atoms with Crippen LogP contribution in [0.3, 0.4) is 0 Å². The zero-order valence-electron chi connectivity index (χ0n) is 16.7. The molecule has 1 aromatic rings. The van der Waals surface area contributed by atoms with Crippen molar-refractivity contribution < 1.29 is 9.53 Å². The summed E-state index contributed by atoms with van der Waals surface area (Å²) in [5.74, 6) is -0.0592. The Kier molecular flexibility index (Phi) is 15.3. The fourth-order valence-electron chi connectivity index (χ4n) is 2.96. The molecule has 0 atom stereocenters. The van der Waals surface area contributed by atoms with E-state index >= 15 is 0 Å². The normalized spacial score (nSPS) is 11.3. The third kappa shape index (κ3) is 14.1. The van der Waals surface area contributed by atoms with Gasteiger partial charge in [0.25, 0.3) is 0 Å². The molecule has 0 N–H and O–H groups in total. The topological polar surface area (TPSA) is 26.3 Å². The molecule has 0 aliphatic rings. The molecule has 3 heteroatoms. The van der Waals surface area contributed by atoms with Gasteiger partial charge in [-0.25, -0.2) is 0 Å². The van der Waals surface area contributed by atoms with E-state index in [9.17, 15) is 4.79 Å². The molecular weight excluding hydrogens is 340 g/mol. The van der Waals surface area contributed by atoms with Gasteiger partial charge in [0, 0.05) is 11.3 Å². The molecule has 0 bridgehead atoms. The third-order valence-corrected chi connectivity index (χ3v) is 5.45. The number of allylic oxidation sites excluding steroid dienone is 2. The summed E-state index contributed by atoms with van der Waals surface area (Å²) < 4.78 is 5.27. The highest BCUT2D eigenvalue weighted by Gasteiger charge is 2.03. The van der Waals surface area contributed by atoms with Crippen molar-refractivity contribution >= 4 is 17.3 Å². The van der Waals surface area contributed by atoms with E-state index in [0.29, 0.717) is 13.0 Å². The molecule has 0 aliphatic carbocycles. The highest BCUT2D eigenvalue weighted by molar-refractivity contribution is 7.09. The lowest BCUT2D eigenvalue weighted by Crippen LogP contribution is -2.03. The number of esters is 1. The maximum Gasteiger partial charge on any atom is 0.306 e. The van der Waals surface area contributed by atoms with Crippen molar-refractivity contribution in [3.05, 3.63) is 34.5 Å². The van der Waals surface area contributed by atoms with Crippen molar-refractivity contribution in [1.29, 1.82) is 0 Å². The Morgan fingerprint density at radius 3 is 2.15 bits per heavy atom. The smallest absolute Gasteiger partial charge is 0.306 e. The third-order valence-electron chi connectivity index (χ3n) is 4.60. The van der Waals surface area contributed by atoms with Gasteiger partial charge in [-0.1, -0.05) is 76.5 Å². The Morgan fingerprint density at radius 2 is 1.54 bits per heavy atom. The van der Waals surface area contributed by atoms with Gasteiger partial charge < -0.3 is 4.74 Å². The minimum absolute atomic E-state index is 0.0592. The van der Waals surface area contributed by atoms with Crippen LogP contribution in [-0.4, -0.2) is 5.97 Å². The summed E-state index contributed by atoms with van der Waals surface area (Å²) in [6.07, 6.45) is 21.9. The molecule has 26 heavy (non-hydrogen) atoms. The molecule has 1 rings (SSSR count). The van der Waals surface area contributed by atoms with E-state index in [4.69, 9.17) is 4.74 Å². The van der Waals surface area contributed by atoms with Crippen molar-refractivity contribution in [3.8, 4) is 0 Å². The summed E-state index contributed by atoms with van der Waals surface area (Å²) in [5, 5.41) is 2.01. The number of thiophene rings is 1. The molecule has 0 radical (unpaired) electrons. The molecule has 0 saturated carbocycles. The lowest BCUT2D eigenvalue weighted by molar-refractivity contribution is -0.145. The molecule has 0 fully saturated rings. The largest absolute Gasteiger partial charge is 0.460 e. The van der Waals surface area contributed by atoms with Crippen LogP contribution in [0.25, 0.3) is 0 Å². The van der Waals surface area contributed by atoms with Crippen LogP contribution >= 0.6 is 11.3 Å². The van der Waals surface area contributed by atoms with Gasteiger partial charge in [0.2, 0.25) is 0 Å². The summed E-state index contributed by atoms with van der Waals surface area (Å²) in [4.78, 5) is 12.8. The lowest BCUT2D eigenvalue weighted by atomic mass is 10.1. The minimum Gasteiger partial charge on any atom is -0.460 e. The van der Waals surface area contributed by atoms with E-state index in [-0.39, 0.29) is 5.97 Å².